The minimum Gasteiger partial charge on any atom is -0.337 e. The molecular formula is C13H20BrN3OS. The van der Waals surface area contributed by atoms with E-state index in [2.05, 4.69) is 32.6 Å². The highest BCUT2D eigenvalue weighted by atomic mass is 79.9. The Morgan fingerprint density at radius 1 is 1.53 bits per heavy atom. The lowest BCUT2D eigenvalue weighted by Gasteiger charge is -2.24. The summed E-state index contributed by atoms with van der Waals surface area (Å²) in [5, 5.41) is 6.41. The van der Waals surface area contributed by atoms with E-state index < -0.39 is 0 Å². The molecule has 0 fully saturated rings. The molecule has 0 spiro atoms. The normalized spacial score (nSPS) is 17.9. The van der Waals surface area contributed by atoms with Gasteiger partial charge in [0.2, 0.25) is 0 Å². The van der Waals surface area contributed by atoms with Crippen LogP contribution in [0.25, 0.3) is 0 Å². The number of halogens is 1. The molecule has 2 amide bonds. The third kappa shape index (κ3) is 3.94. The van der Waals surface area contributed by atoms with Gasteiger partial charge in [0.15, 0.2) is 0 Å². The maximum atomic E-state index is 11.4. The van der Waals surface area contributed by atoms with Crippen LogP contribution < -0.4 is 10.6 Å². The van der Waals surface area contributed by atoms with Crippen molar-refractivity contribution in [1.29, 1.82) is 0 Å². The number of carbonyl (C=O) groups excluding carboxylic acids is 1. The molecule has 0 aromatic carbocycles. The SMILES string of the molecule is CN(C)C(=O)NCCNC1CCCc2sc(Br)cc21. The summed E-state index contributed by atoms with van der Waals surface area (Å²) in [7, 11) is 3.50. The third-order valence-corrected chi connectivity index (χ3v) is 5.00. The zero-order valence-electron chi connectivity index (χ0n) is 11.3. The van der Waals surface area contributed by atoms with E-state index in [-0.39, 0.29) is 6.03 Å². The van der Waals surface area contributed by atoms with Crippen molar-refractivity contribution < 1.29 is 4.79 Å². The Bertz CT molecular complexity index is 447. The predicted octanol–water partition coefficient (Wildman–Crippen LogP) is 2.75. The predicted molar refractivity (Wildman–Crippen MR) is 82.8 cm³/mol. The maximum Gasteiger partial charge on any atom is 0.316 e. The highest BCUT2D eigenvalue weighted by Gasteiger charge is 2.21. The summed E-state index contributed by atoms with van der Waals surface area (Å²) in [6, 6.07) is 2.63. The van der Waals surface area contributed by atoms with Crippen LogP contribution in [0.1, 0.15) is 29.3 Å². The number of hydrogen-bond donors (Lipinski definition) is 2. The van der Waals surface area contributed by atoms with Crippen molar-refractivity contribution in [2.45, 2.75) is 25.3 Å². The van der Waals surface area contributed by atoms with Gasteiger partial charge in [0.25, 0.3) is 0 Å². The first-order valence-electron chi connectivity index (χ1n) is 6.54. The van der Waals surface area contributed by atoms with Gasteiger partial charge in [-0.2, -0.15) is 0 Å². The summed E-state index contributed by atoms with van der Waals surface area (Å²) in [6.45, 7) is 1.46. The van der Waals surface area contributed by atoms with E-state index in [0.717, 1.165) is 6.54 Å². The molecule has 1 atom stereocenters. The molecule has 1 unspecified atom stereocenters. The van der Waals surface area contributed by atoms with Crippen molar-refractivity contribution in [2.75, 3.05) is 27.2 Å². The summed E-state index contributed by atoms with van der Waals surface area (Å²) >= 11 is 5.41. The molecule has 4 nitrogen and oxygen atoms in total. The zero-order chi connectivity index (χ0) is 13.8. The Hall–Kier alpha value is -0.590. The van der Waals surface area contributed by atoms with Crippen molar-refractivity contribution in [3.05, 3.63) is 20.3 Å². The van der Waals surface area contributed by atoms with Crippen LogP contribution in [0.5, 0.6) is 0 Å². The van der Waals surface area contributed by atoms with Gasteiger partial charge >= 0.3 is 6.03 Å². The molecule has 1 aromatic rings. The molecule has 2 N–H and O–H groups in total. The molecule has 1 aliphatic rings. The Morgan fingerprint density at radius 2 is 2.32 bits per heavy atom. The minimum atomic E-state index is -0.0376. The number of aryl methyl sites for hydroxylation is 1. The summed E-state index contributed by atoms with van der Waals surface area (Å²) in [6.07, 6.45) is 3.61. The number of carbonyl (C=O) groups is 1. The van der Waals surface area contributed by atoms with Gasteiger partial charge in [-0.15, -0.1) is 11.3 Å². The van der Waals surface area contributed by atoms with Crippen LogP contribution in [0.2, 0.25) is 0 Å². The maximum absolute atomic E-state index is 11.4. The van der Waals surface area contributed by atoms with Crippen LogP contribution in [0.15, 0.2) is 9.85 Å². The molecule has 0 saturated carbocycles. The van der Waals surface area contributed by atoms with Crippen molar-refractivity contribution >= 4 is 33.3 Å². The first-order chi connectivity index (χ1) is 9.08. The van der Waals surface area contributed by atoms with Gasteiger partial charge in [-0.05, 0) is 46.8 Å². The molecule has 0 saturated heterocycles. The molecular weight excluding hydrogens is 326 g/mol. The van der Waals surface area contributed by atoms with Crippen LogP contribution in [0, 0.1) is 0 Å². The Balaban J connectivity index is 1.80. The van der Waals surface area contributed by atoms with Gasteiger partial charge in [0, 0.05) is 38.1 Å². The van der Waals surface area contributed by atoms with Crippen molar-refractivity contribution in [3.63, 3.8) is 0 Å². The Labute approximate surface area is 126 Å². The van der Waals surface area contributed by atoms with Crippen molar-refractivity contribution in [1.82, 2.24) is 15.5 Å². The third-order valence-electron chi connectivity index (χ3n) is 3.28. The van der Waals surface area contributed by atoms with Gasteiger partial charge in [0.05, 0.1) is 3.79 Å². The molecule has 6 heteroatoms. The van der Waals surface area contributed by atoms with Gasteiger partial charge in [-0.1, -0.05) is 0 Å². The van der Waals surface area contributed by atoms with E-state index in [1.807, 2.05) is 11.3 Å². The number of nitrogens with one attached hydrogen (secondary N) is 2. The van der Waals surface area contributed by atoms with E-state index in [9.17, 15) is 4.79 Å². The van der Waals surface area contributed by atoms with Crippen LogP contribution in [0.4, 0.5) is 4.79 Å². The van der Waals surface area contributed by atoms with Gasteiger partial charge in [0.1, 0.15) is 0 Å². The molecule has 1 aliphatic carbocycles. The van der Waals surface area contributed by atoms with Gasteiger partial charge in [-0.25, -0.2) is 4.79 Å². The number of amides is 2. The monoisotopic (exact) mass is 345 g/mol. The van der Waals surface area contributed by atoms with E-state index in [0.29, 0.717) is 12.6 Å². The molecule has 1 heterocycles. The van der Waals surface area contributed by atoms with Gasteiger partial charge in [-0.3, -0.25) is 0 Å². The molecule has 2 rings (SSSR count). The smallest absolute Gasteiger partial charge is 0.316 e. The Morgan fingerprint density at radius 3 is 3.05 bits per heavy atom. The highest BCUT2D eigenvalue weighted by molar-refractivity contribution is 9.11. The lowest BCUT2D eigenvalue weighted by Crippen LogP contribution is -2.39. The fourth-order valence-corrected chi connectivity index (χ4v) is 4.13. The van der Waals surface area contributed by atoms with Crippen LogP contribution in [-0.2, 0) is 6.42 Å². The van der Waals surface area contributed by atoms with Crippen LogP contribution >= 0.6 is 27.3 Å². The molecule has 0 bridgehead atoms. The van der Waals surface area contributed by atoms with E-state index >= 15 is 0 Å². The second-order valence-corrected chi connectivity index (χ2v) is 7.47. The summed E-state index contributed by atoms with van der Waals surface area (Å²) in [5.74, 6) is 0. The quantitative estimate of drug-likeness (QED) is 0.824. The van der Waals surface area contributed by atoms with E-state index in [4.69, 9.17) is 0 Å². The van der Waals surface area contributed by atoms with E-state index in [1.54, 1.807) is 19.0 Å². The molecule has 0 radical (unpaired) electrons. The lowest BCUT2D eigenvalue weighted by atomic mass is 9.94. The summed E-state index contributed by atoms with van der Waals surface area (Å²) in [4.78, 5) is 14.4. The molecule has 106 valence electrons. The first-order valence-corrected chi connectivity index (χ1v) is 8.15. The first kappa shape index (κ1) is 14.8. The standard InChI is InChI=1S/C13H20BrN3OS/c1-17(2)13(18)16-7-6-15-10-4-3-5-11-9(10)8-12(14)19-11/h8,10,15H,3-7H2,1-2H3,(H,16,18). The second kappa shape index (κ2) is 6.72. The van der Waals surface area contributed by atoms with E-state index in [1.165, 1.54) is 33.5 Å². The Kier molecular flexibility index (Phi) is 5.24. The number of urea groups is 1. The number of nitrogens with zero attached hydrogens (tertiary/aromatic N) is 1. The average Bonchev–Trinajstić information content (AvgIpc) is 2.75. The summed E-state index contributed by atoms with van der Waals surface area (Å²) in [5.41, 5.74) is 1.43. The number of rotatable bonds is 4. The molecule has 1 aromatic heterocycles. The number of hydrogen-bond acceptors (Lipinski definition) is 3. The highest BCUT2D eigenvalue weighted by Crippen LogP contribution is 2.37. The molecule has 0 aliphatic heterocycles. The average molecular weight is 346 g/mol. The zero-order valence-corrected chi connectivity index (χ0v) is 13.7. The lowest BCUT2D eigenvalue weighted by molar-refractivity contribution is 0.217. The fraction of sp³-hybridized carbons (Fsp3) is 0.615. The topological polar surface area (TPSA) is 44.4 Å². The van der Waals surface area contributed by atoms with Gasteiger partial charge < -0.3 is 15.5 Å². The van der Waals surface area contributed by atoms with Crippen LogP contribution in [-0.4, -0.2) is 38.1 Å². The van der Waals surface area contributed by atoms with Crippen molar-refractivity contribution in [2.24, 2.45) is 0 Å². The molecule has 19 heavy (non-hydrogen) atoms. The number of fused-ring (bicyclic) bond motifs is 1. The second-order valence-electron chi connectivity index (χ2n) is 4.95. The largest absolute Gasteiger partial charge is 0.337 e. The van der Waals surface area contributed by atoms with Crippen LogP contribution in [0.3, 0.4) is 0 Å². The number of thiophene rings is 1. The minimum absolute atomic E-state index is 0.0376. The summed E-state index contributed by atoms with van der Waals surface area (Å²) < 4.78 is 1.21. The van der Waals surface area contributed by atoms with Crippen molar-refractivity contribution in [3.8, 4) is 0 Å². The fourth-order valence-electron chi connectivity index (χ4n) is 2.31.